The fraction of sp³-hybridized carbons (Fsp3) is 0.400. The standard InChI is InChI=1S/C10H10F3NO3/c11-4-7(15)5-2-1-3-6-8(5)17-10(12,13)9(16)14-6/h1-3,7,9,14-16H,4H2. The van der Waals surface area contributed by atoms with Gasteiger partial charge in [-0.3, -0.25) is 0 Å². The molecule has 1 aromatic carbocycles. The lowest BCUT2D eigenvalue weighted by molar-refractivity contribution is -0.236. The highest BCUT2D eigenvalue weighted by molar-refractivity contribution is 5.62. The highest BCUT2D eigenvalue weighted by atomic mass is 19.3. The Morgan fingerprint density at radius 3 is 2.82 bits per heavy atom. The first kappa shape index (κ1) is 12.0. The number of aliphatic hydroxyl groups is 2. The summed E-state index contributed by atoms with van der Waals surface area (Å²) in [5.41, 5.74) is -0.0162. The molecule has 0 spiro atoms. The van der Waals surface area contributed by atoms with Gasteiger partial charge in [0.25, 0.3) is 0 Å². The summed E-state index contributed by atoms with van der Waals surface area (Å²) in [6.45, 7) is -1.12. The van der Waals surface area contributed by atoms with Crippen molar-refractivity contribution in [3.05, 3.63) is 23.8 Å². The second kappa shape index (κ2) is 4.08. The predicted molar refractivity (Wildman–Crippen MR) is 52.6 cm³/mol. The average molecular weight is 249 g/mol. The summed E-state index contributed by atoms with van der Waals surface area (Å²) in [6, 6.07) is 4.08. The van der Waals surface area contributed by atoms with E-state index in [0.29, 0.717) is 0 Å². The Bertz CT molecular complexity index is 427. The van der Waals surface area contributed by atoms with Crippen LogP contribution < -0.4 is 10.1 Å². The number of para-hydroxylation sites is 1. The maximum Gasteiger partial charge on any atom is 0.444 e. The van der Waals surface area contributed by atoms with Gasteiger partial charge in [0.1, 0.15) is 12.8 Å². The van der Waals surface area contributed by atoms with Crippen molar-refractivity contribution < 1.29 is 28.1 Å². The molecule has 0 radical (unpaired) electrons. The molecule has 0 aromatic heterocycles. The van der Waals surface area contributed by atoms with Crippen LogP contribution in [0, 0.1) is 0 Å². The van der Waals surface area contributed by atoms with Gasteiger partial charge in [-0.1, -0.05) is 12.1 Å². The molecule has 1 aromatic rings. The van der Waals surface area contributed by atoms with Gasteiger partial charge in [0.15, 0.2) is 5.75 Å². The average Bonchev–Trinajstić information content (AvgIpc) is 2.28. The van der Waals surface area contributed by atoms with Crippen LogP contribution in [0.4, 0.5) is 18.9 Å². The van der Waals surface area contributed by atoms with Crippen LogP contribution in [0.25, 0.3) is 0 Å². The molecule has 1 aliphatic heterocycles. The summed E-state index contributed by atoms with van der Waals surface area (Å²) in [7, 11) is 0. The van der Waals surface area contributed by atoms with Gasteiger partial charge in [0.05, 0.1) is 5.69 Å². The maximum absolute atomic E-state index is 13.1. The van der Waals surface area contributed by atoms with Gasteiger partial charge in [-0.2, -0.15) is 8.78 Å². The molecule has 2 rings (SSSR count). The van der Waals surface area contributed by atoms with Crippen LogP contribution in [-0.4, -0.2) is 29.2 Å². The lowest BCUT2D eigenvalue weighted by atomic mass is 10.1. The highest BCUT2D eigenvalue weighted by Crippen LogP contribution is 2.41. The minimum atomic E-state index is -3.83. The maximum atomic E-state index is 13.1. The minimum Gasteiger partial charge on any atom is -0.427 e. The first-order valence-electron chi connectivity index (χ1n) is 4.84. The Labute approximate surface area is 94.6 Å². The Morgan fingerprint density at radius 2 is 2.18 bits per heavy atom. The molecule has 1 heterocycles. The third kappa shape index (κ3) is 2.03. The normalized spacial score (nSPS) is 23.2. The van der Waals surface area contributed by atoms with Crippen molar-refractivity contribution in [2.75, 3.05) is 12.0 Å². The zero-order valence-electron chi connectivity index (χ0n) is 8.53. The summed E-state index contributed by atoms with van der Waals surface area (Å²) < 4.78 is 42.9. The molecule has 0 amide bonds. The van der Waals surface area contributed by atoms with Crippen LogP contribution in [0.3, 0.4) is 0 Å². The van der Waals surface area contributed by atoms with E-state index in [1.807, 2.05) is 0 Å². The molecule has 2 unspecified atom stereocenters. The van der Waals surface area contributed by atoms with E-state index in [1.165, 1.54) is 18.2 Å². The number of anilines is 1. The van der Waals surface area contributed by atoms with Crippen LogP contribution in [0.2, 0.25) is 0 Å². The number of ether oxygens (including phenoxy) is 1. The highest BCUT2D eigenvalue weighted by Gasteiger charge is 2.46. The summed E-state index contributed by atoms with van der Waals surface area (Å²) in [4.78, 5) is 0. The van der Waals surface area contributed by atoms with E-state index in [2.05, 4.69) is 10.1 Å². The number of aliphatic hydroxyl groups excluding tert-OH is 2. The number of fused-ring (bicyclic) bond motifs is 1. The second-order valence-corrected chi connectivity index (χ2v) is 3.60. The lowest BCUT2D eigenvalue weighted by Gasteiger charge is -2.32. The third-order valence-electron chi connectivity index (χ3n) is 2.40. The fourth-order valence-corrected chi connectivity index (χ4v) is 1.55. The van der Waals surface area contributed by atoms with Gasteiger partial charge in [-0.25, -0.2) is 4.39 Å². The van der Waals surface area contributed by atoms with Crippen LogP contribution in [0.5, 0.6) is 5.75 Å². The van der Waals surface area contributed by atoms with Crippen LogP contribution >= 0.6 is 0 Å². The molecule has 0 saturated carbocycles. The lowest BCUT2D eigenvalue weighted by Crippen LogP contribution is -2.47. The molecular weight excluding hydrogens is 239 g/mol. The largest absolute Gasteiger partial charge is 0.444 e. The smallest absolute Gasteiger partial charge is 0.427 e. The number of rotatable bonds is 2. The molecule has 94 valence electrons. The van der Waals surface area contributed by atoms with E-state index in [4.69, 9.17) is 5.11 Å². The summed E-state index contributed by atoms with van der Waals surface area (Å²) in [6.07, 6.45) is -7.57. The number of benzene rings is 1. The monoisotopic (exact) mass is 249 g/mol. The number of hydrogen-bond acceptors (Lipinski definition) is 4. The Morgan fingerprint density at radius 1 is 1.47 bits per heavy atom. The molecule has 0 aliphatic carbocycles. The molecule has 4 nitrogen and oxygen atoms in total. The number of nitrogens with one attached hydrogen (secondary N) is 1. The van der Waals surface area contributed by atoms with E-state index < -0.39 is 25.1 Å². The van der Waals surface area contributed by atoms with Crippen molar-refractivity contribution in [1.29, 1.82) is 0 Å². The van der Waals surface area contributed by atoms with Crippen molar-refractivity contribution in [1.82, 2.24) is 0 Å². The molecule has 0 bridgehead atoms. The molecular formula is C10H10F3NO3. The molecule has 17 heavy (non-hydrogen) atoms. The summed E-state index contributed by atoms with van der Waals surface area (Å²) >= 11 is 0. The van der Waals surface area contributed by atoms with Crippen LogP contribution in [-0.2, 0) is 0 Å². The SMILES string of the molecule is OC(CF)c1cccc2c1OC(F)(F)C(O)N2. The van der Waals surface area contributed by atoms with Crippen molar-refractivity contribution >= 4 is 5.69 Å². The fourth-order valence-electron chi connectivity index (χ4n) is 1.55. The Kier molecular flexibility index (Phi) is 2.88. The zero-order valence-corrected chi connectivity index (χ0v) is 8.53. The summed E-state index contributed by atoms with van der Waals surface area (Å²) in [5, 5.41) is 20.5. The third-order valence-corrected chi connectivity index (χ3v) is 2.40. The van der Waals surface area contributed by atoms with Crippen molar-refractivity contribution in [2.24, 2.45) is 0 Å². The molecule has 7 heteroatoms. The van der Waals surface area contributed by atoms with Gasteiger partial charge in [0, 0.05) is 5.56 Å². The van der Waals surface area contributed by atoms with Gasteiger partial charge in [0.2, 0.25) is 6.23 Å². The van der Waals surface area contributed by atoms with Gasteiger partial charge < -0.3 is 20.3 Å². The topological polar surface area (TPSA) is 61.7 Å². The predicted octanol–water partition coefficient (Wildman–Crippen LogP) is 1.40. The van der Waals surface area contributed by atoms with E-state index in [9.17, 15) is 18.3 Å². The van der Waals surface area contributed by atoms with Gasteiger partial charge >= 0.3 is 6.11 Å². The number of alkyl halides is 3. The van der Waals surface area contributed by atoms with Crippen molar-refractivity contribution in [3.63, 3.8) is 0 Å². The number of halogens is 3. The van der Waals surface area contributed by atoms with E-state index >= 15 is 0 Å². The van der Waals surface area contributed by atoms with Crippen LogP contribution in [0.1, 0.15) is 11.7 Å². The quantitative estimate of drug-likeness (QED) is 0.741. The molecule has 2 atom stereocenters. The zero-order chi connectivity index (χ0) is 12.6. The Balaban J connectivity index is 2.45. The van der Waals surface area contributed by atoms with E-state index in [0.717, 1.165) is 0 Å². The molecule has 3 N–H and O–H groups in total. The molecule has 1 aliphatic rings. The van der Waals surface area contributed by atoms with Gasteiger partial charge in [-0.15, -0.1) is 0 Å². The van der Waals surface area contributed by atoms with E-state index in [-0.39, 0.29) is 17.0 Å². The first-order chi connectivity index (χ1) is 7.95. The van der Waals surface area contributed by atoms with Gasteiger partial charge in [-0.05, 0) is 6.07 Å². The number of hydrogen-bond donors (Lipinski definition) is 3. The Hall–Kier alpha value is -1.47. The first-order valence-corrected chi connectivity index (χ1v) is 4.84. The second-order valence-electron chi connectivity index (χ2n) is 3.60. The molecule has 0 saturated heterocycles. The van der Waals surface area contributed by atoms with Crippen molar-refractivity contribution in [2.45, 2.75) is 18.4 Å². The van der Waals surface area contributed by atoms with E-state index in [1.54, 1.807) is 0 Å². The molecule has 0 fully saturated rings. The summed E-state index contributed by atoms with van der Waals surface area (Å²) in [5.74, 6) is -0.354. The van der Waals surface area contributed by atoms with Crippen LogP contribution in [0.15, 0.2) is 18.2 Å². The minimum absolute atomic E-state index is 0.0772. The van der Waals surface area contributed by atoms with Crippen molar-refractivity contribution in [3.8, 4) is 5.75 Å².